The van der Waals surface area contributed by atoms with Gasteiger partial charge in [0.15, 0.2) is 0 Å². The van der Waals surface area contributed by atoms with Crippen molar-refractivity contribution in [3.8, 4) is 0 Å². The van der Waals surface area contributed by atoms with Gasteiger partial charge in [0.2, 0.25) is 5.91 Å². The highest BCUT2D eigenvalue weighted by Crippen LogP contribution is 2.24. The zero-order valence-corrected chi connectivity index (χ0v) is 15.8. The van der Waals surface area contributed by atoms with E-state index < -0.39 is 0 Å². The number of nitrogens with zero attached hydrogens (tertiary/aromatic N) is 2. The van der Waals surface area contributed by atoms with E-state index in [0.29, 0.717) is 30.1 Å². The van der Waals surface area contributed by atoms with E-state index >= 15 is 0 Å². The van der Waals surface area contributed by atoms with Crippen LogP contribution in [0.1, 0.15) is 24.7 Å². The Bertz CT molecular complexity index is 960. The van der Waals surface area contributed by atoms with E-state index in [1.54, 1.807) is 25.1 Å². The molecule has 140 valence electrons. The van der Waals surface area contributed by atoms with Crippen molar-refractivity contribution in [3.63, 3.8) is 0 Å². The lowest BCUT2D eigenvalue weighted by Crippen LogP contribution is -2.22. The molecular weight excluding hydrogens is 365 g/mol. The summed E-state index contributed by atoms with van der Waals surface area (Å²) in [5.74, 6) is 0.407. The average Bonchev–Trinajstić information content (AvgIpc) is 3.00. The van der Waals surface area contributed by atoms with Crippen molar-refractivity contribution >= 4 is 28.5 Å². The van der Waals surface area contributed by atoms with Gasteiger partial charge in [-0.1, -0.05) is 35.9 Å². The summed E-state index contributed by atoms with van der Waals surface area (Å²) in [7, 11) is 0. The van der Waals surface area contributed by atoms with Crippen LogP contribution in [0.25, 0.3) is 11.0 Å². The molecule has 0 atom stereocenters. The molecule has 2 aromatic carbocycles. The molecule has 3 aromatic rings. The maximum atomic E-state index is 14.3. The summed E-state index contributed by atoms with van der Waals surface area (Å²) in [6.07, 6.45) is 4.59. The molecular formula is C21H21ClFN3O. The number of nitrogens with one attached hydrogen (secondary N) is 1. The van der Waals surface area contributed by atoms with Crippen molar-refractivity contribution in [2.45, 2.75) is 26.3 Å². The lowest BCUT2D eigenvalue weighted by Gasteiger charge is -2.12. The molecule has 0 aliphatic heterocycles. The minimum atomic E-state index is -0.329. The molecule has 0 spiro atoms. The smallest absolute Gasteiger partial charge is 0.243 e. The predicted octanol–water partition coefficient (Wildman–Crippen LogP) is 4.50. The first-order valence-electron chi connectivity index (χ1n) is 8.87. The number of para-hydroxylation sites is 2. The molecule has 1 amide bonds. The van der Waals surface area contributed by atoms with E-state index in [1.165, 1.54) is 12.1 Å². The van der Waals surface area contributed by atoms with Crippen LogP contribution >= 0.6 is 11.6 Å². The second kappa shape index (κ2) is 8.82. The molecule has 4 nitrogen and oxygen atoms in total. The first-order valence-corrected chi connectivity index (χ1v) is 9.25. The highest BCUT2D eigenvalue weighted by atomic mass is 35.5. The average molecular weight is 386 g/mol. The Hall–Kier alpha value is -2.66. The maximum absolute atomic E-state index is 14.3. The standard InChI is InChI=1S/C21H21ClFN3O/c1-2-7-21(27)24-13-6-12-20-25-18-10-3-4-11-19(18)26(20)14-15-16(22)8-5-9-17(15)23/h2-5,7-11H,6,12-14H2,1H3,(H,24,27)/b7-2-. The Morgan fingerprint density at radius 2 is 2.07 bits per heavy atom. The summed E-state index contributed by atoms with van der Waals surface area (Å²) in [6, 6.07) is 12.5. The minimum Gasteiger partial charge on any atom is -0.353 e. The van der Waals surface area contributed by atoms with Gasteiger partial charge < -0.3 is 9.88 Å². The molecule has 1 N–H and O–H groups in total. The van der Waals surface area contributed by atoms with Crippen molar-refractivity contribution in [1.82, 2.24) is 14.9 Å². The Morgan fingerprint density at radius 3 is 2.85 bits per heavy atom. The zero-order chi connectivity index (χ0) is 19.2. The van der Waals surface area contributed by atoms with Gasteiger partial charge in [-0.05, 0) is 43.7 Å². The third-order valence-corrected chi connectivity index (χ3v) is 4.66. The fourth-order valence-electron chi connectivity index (χ4n) is 3.00. The van der Waals surface area contributed by atoms with E-state index in [0.717, 1.165) is 23.3 Å². The van der Waals surface area contributed by atoms with Crippen molar-refractivity contribution < 1.29 is 9.18 Å². The maximum Gasteiger partial charge on any atom is 0.243 e. The Labute approximate surface area is 162 Å². The molecule has 0 aliphatic rings. The van der Waals surface area contributed by atoms with E-state index in [9.17, 15) is 9.18 Å². The van der Waals surface area contributed by atoms with Crippen molar-refractivity contribution in [3.05, 3.63) is 76.8 Å². The predicted molar refractivity (Wildman–Crippen MR) is 106 cm³/mol. The van der Waals surface area contributed by atoms with Gasteiger partial charge in [-0.2, -0.15) is 0 Å². The normalized spacial score (nSPS) is 11.4. The van der Waals surface area contributed by atoms with Crippen LogP contribution in [-0.2, 0) is 17.8 Å². The highest BCUT2D eigenvalue weighted by Gasteiger charge is 2.14. The largest absolute Gasteiger partial charge is 0.353 e. The first-order chi connectivity index (χ1) is 13.1. The number of fused-ring (bicyclic) bond motifs is 1. The number of aryl methyl sites for hydroxylation is 1. The first kappa shape index (κ1) is 19.1. The van der Waals surface area contributed by atoms with Gasteiger partial charge in [0, 0.05) is 23.6 Å². The lowest BCUT2D eigenvalue weighted by atomic mass is 10.2. The van der Waals surface area contributed by atoms with Gasteiger partial charge in [0.1, 0.15) is 11.6 Å². The van der Waals surface area contributed by atoms with Crippen LogP contribution in [-0.4, -0.2) is 22.0 Å². The number of imidazole rings is 1. The molecule has 0 radical (unpaired) electrons. The van der Waals surface area contributed by atoms with E-state index in [2.05, 4.69) is 5.32 Å². The molecule has 0 bridgehead atoms. The number of amides is 1. The summed E-state index contributed by atoms with van der Waals surface area (Å²) in [5.41, 5.74) is 2.24. The molecule has 3 rings (SSSR count). The van der Waals surface area contributed by atoms with Gasteiger partial charge in [0.05, 0.1) is 17.6 Å². The number of benzene rings is 2. The summed E-state index contributed by atoms with van der Waals surface area (Å²) >= 11 is 6.21. The van der Waals surface area contributed by atoms with Crippen LogP contribution in [0.15, 0.2) is 54.6 Å². The second-order valence-corrected chi connectivity index (χ2v) is 6.60. The van der Waals surface area contributed by atoms with Crippen LogP contribution in [0.2, 0.25) is 5.02 Å². The fraction of sp³-hybridized carbons (Fsp3) is 0.238. The van der Waals surface area contributed by atoms with Gasteiger partial charge in [0.25, 0.3) is 0 Å². The lowest BCUT2D eigenvalue weighted by molar-refractivity contribution is -0.116. The number of halogens is 2. The molecule has 27 heavy (non-hydrogen) atoms. The SMILES string of the molecule is C/C=C\C(=O)NCCCc1nc2ccccc2n1Cc1c(F)cccc1Cl. The molecule has 6 heteroatoms. The van der Waals surface area contributed by atoms with Crippen LogP contribution in [0, 0.1) is 5.82 Å². The summed E-state index contributed by atoms with van der Waals surface area (Å²) in [6.45, 7) is 2.66. The van der Waals surface area contributed by atoms with Crippen LogP contribution < -0.4 is 5.32 Å². The molecule has 0 saturated heterocycles. The van der Waals surface area contributed by atoms with Gasteiger partial charge in [-0.25, -0.2) is 9.37 Å². The number of hydrogen-bond acceptors (Lipinski definition) is 2. The molecule has 0 aliphatic carbocycles. The van der Waals surface area contributed by atoms with Crippen molar-refractivity contribution in [1.29, 1.82) is 0 Å². The topological polar surface area (TPSA) is 46.9 Å². The van der Waals surface area contributed by atoms with E-state index in [-0.39, 0.29) is 11.7 Å². The third-order valence-electron chi connectivity index (χ3n) is 4.31. The summed E-state index contributed by atoms with van der Waals surface area (Å²) in [4.78, 5) is 16.2. The van der Waals surface area contributed by atoms with Crippen LogP contribution in [0.5, 0.6) is 0 Å². The number of aromatic nitrogens is 2. The number of carbonyl (C=O) groups excluding carboxylic acids is 1. The Balaban J connectivity index is 1.83. The van der Waals surface area contributed by atoms with E-state index in [4.69, 9.17) is 16.6 Å². The Morgan fingerprint density at radius 1 is 1.26 bits per heavy atom. The monoisotopic (exact) mass is 385 g/mol. The minimum absolute atomic E-state index is 0.107. The Kier molecular flexibility index (Phi) is 6.24. The number of hydrogen-bond donors (Lipinski definition) is 1. The molecule has 1 heterocycles. The number of rotatable bonds is 7. The van der Waals surface area contributed by atoms with E-state index in [1.807, 2.05) is 28.8 Å². The zero-order valence-electron chi connectivity index (χ0n) is 15.1. The van der Waals surface area contributed by atoms with Crippen molar-refractivity contribution in [2.24, 2.45) is 0 Å². The molecule has 0 saturated carbocycles. The van der Waals surface area contributed by atoms with Gasteiger partial charge >= 0.3 is 0 Å². The fourth-order valence-corrected chi connectivity index (χ4v) is 3.23. The quantitative estimate of drug-likeness (QED) is 0.480. The second-order valence-electron chi connectivity index (χ2n) is 6.20. The van der Waals surface area contributed by atoms with Gasteiger partial charge in [-0.15, -0.1) is 0 Å². The summed E-state index contributed by atoms with van der Waals surface area (Å²) in [5, 5.41) is 3.23. The number of carbonyl (C=O) groups is 1. The van der Waals surface area contributed by atoms with Crippen LogP contribution in [0.3, 0.4) is 0 Å². The highest BCUT2D eigenvalue weighted by molar-refractivity contribution is 6.31. The third kappa shape index (κ3) is 4.55. The van der Waals surface area contributed by atoms with Crippen molar-refractivity contribution in [2.75, 3.05) is 6.54 Å². The number of allylic oxidation sites excluding steroid dienone is 1. The molecule has 1 aromatic heterocycles. The van der Waals surface area contributed by atoms with Crippen LogP contribution in [0.4, 0.5) is 4.39 Å². The summed E-state index contributed by atoms with van der Waals surface area (Å²) < 4.78 is 16.3. The molecule has 0 fully saturated rings. The molecule has 0 unspecified atom stereocenters. The van der Waals surface area contributed by atoms with Gasteiger partial charge in [-0.3, -0.25) is 4.79 Å².